The second kappa shape index (κ2) is 13.2. The van der Waals surface area contributed by atoms with Gasteiger partial charge in [0.25, 0.3) is 0 Å². The van der Waals surface area contributed by atoms with Crippen molar-refractivity contribution in [3.05, 3.63) is 125 Å². The first-order chi connectivity index (χ1) is 22.2. The Balaban J connectivity index is 0.00000386. The van der Waals surface area contributed by atoms with Gasteiger partial charge in [-0.1, -0.05) is 37.6 Å². The van der Waals surface area contributed by atoms with Gasteiger partial charge < -0.3 is 9.30 Å². The van der Waals surface area contributed by atoms with Crippen LogP contribution in [0.15, 0.2) is 90.0 Å². The number of benzene rings is 4. The molecule has 0 atom stereocenters. The van der Waals surface area contributed by atoms with E-state index in [1.54, 1.807) is 11.8 Å². The van der Waals surface area contributed by atoms with Crippen molar-refractivity contribution in [2.24, 2.45) is 0 Å². The van der Waals surface area contributed by atoms with Gasteiger partial charge in [-0.3, -0.25) is 4.68 Å². The van der Waals surface area contributed by atoms with Crippen LogP contribution in [0.4, 0.5) is 0 Å². The molecule has 0 radical (unpaired) electrons. The van der Waals surface area contributed by atoms with Gasteiger partial charge in [-0.05, 0) is 104 Å². The number of aromatic nitrogens is 4. The third-order valence-corrected chi connectivity index (χ3v) is 9.23. The van der Waals surface area contributed by atoms with E-state index in [0.29, 0.717) is 11.5 Å². The molecule has 47 heavy (non-hydrogen) atoms. The summed E-state index contributed by atoms with van der Waals surface area (Å²) in [7, 11) is 0. The zero-order chi connectivity index (χ0) is 32.1. The number of aryl methyl sites for hydroxylation is 4. The number of nitrogens with zero attached hydrogens (tertiary/aromatic N) is 4. The van der Waals surface area contributed by atoms with Crippen LogP contribution in [0.25, 0.3) is 44.4 Å². The van der Waals surface area contributed by atoms with Crippen LogP contribution in [-0.2, 0) is 20.4 Å². The van der Waals surface area contributed by atoms with Gasteiger partial charge in [0.1, 0.15) is 5.82 Å². The standard InChI is InChI=1S/C40H36N4OS.Pd/c1-24(2)40-39(38-26(4)20-32(46-7)21-27(38)5)28(6)42-44(40)29-11-10-12-30(22-29)45-31-15-16-34-33-13-8-9-14-35(33)43(36(34)23-31)37-19-25(3)17-18-41-37;/h8-21,24H,1-7H3;/q-2;+2. The van der Waals surface area contributed by atoms with E-state index in [0.717, 1.165) is 50.3 Å². The van der Waals surface area contributed by atoms with Gasteiger partial charge in [-0.2, -0.15) is 17.2 Å². The van der Waals surface area contributed by atoms with Crippen LogP contribution in [0.3, 0.4) is 0 Å². The van der Waals surface area contributed by atoms with Crippen molar-refractivity contribution in [1.29, 1.82) is 0 Å². The van der Waals surface area contributed by atoms with Gasteiger partial charge in [-0.25, -0.2) is 4.98 Å². The molecule has 3 heterocycles. The Bertz CT molecular complexity index is 2240. The Hall–Kier alpha value is -4.15. The molecule has 0 spiro atoms. The summed E-state index contributed by atoms with van der Waals surface area (Å²) in [5, 5.41) is 7.32. The molecule has 0 aliphatic rings. The van der Waals surface area contributed by atoms with Crippen LogP contribution in [-0.4, -0.2) is 25.6 Å². The van der Waals surface area contributed by atoms with Crippen molar-refractivity contribution >= 4 is 33.6 Å². The molecule has 0 aliphatic carbocycles. The molecule has 4 aromatic carbocycles. The SMILES string of the molecule is CSc1cc(C)c(-c2c(C)nn(-c3[c-]c(Oc4[c-]c5c(cc4)c4ccccc4n5-c4cc(C)ccn4)ccc3)c2C(C)C)c(C)c1.[Pd+2]. The van der Waals surface area contributed by atoms with E-state index in [-0.39, 0.29) is 26.3 Å². The minimum Gasteiger partial charge on any atom is -0.509 e. The summed E-state index contributed by atoms with van der Waals surface area (Å²) in [6.45, 7) is 13.0. The third kappa shape index (κ3) is 5.93. The van der Waals surface area contributed by atoms with Crippen molar-refractivity contribution in [3.8, 4) is 34.1 Å². The molecule has 0 aliphatic heterocycles. The molecule has 7 heteroatoms. The van der Waals surface area contributed by atoms with Crippen LogP contribution in [0, 0.1) is 39.8 Å². The van der Waals surface area contributed by atoms with E-state index in [4.69, 9.17) is 14.8 Å². The summed E-state index contributed by atoms with van der Waals surface area (Å²) in [4.78, 5) is 5.98. The van der Waals surface area contributed by atoms with E-state index in [2.05, 4.69) is 113 Å². The fourth-order valence-corrected chi connectivity index (χ4v) is 7.15. The van der Waals surface area contributed by atoms with Gasteiger partial charge in [0.15, 0.2) is 0 Å². The topological polar surface area (TPSA) is 44.9 Å². The number of thioether (sulfide) groups is 1. The smallest absolute Gasteiger partial charge is 0.509 e. The zero-order valence-corrected chi connectivity index (χ0v) is 30.0. The molecule has 0 amide bonds. The molecule has 0 saturated heterocycles. The van der Waals surface area contributed by atoms with Gasteiger partial charge in [0.2, 0.25) is 0 Å². The Labute approximate surface area is 294 Å². The summed E-state index contributed by atoms with van der Waals surface area (Å²) in [5.41, 5.74) is 11.1. The van der Waals surface area contributed by atoms with Crippen molar-refractivity contribution in [3.63, 3.8) is 0 Å². The van der Waals surface area contributed by atoms with Crippen molar-refractivity contribution in [2.75, 3.05) is 6.26 Å². The summed E-state index contributed by atoms with van der Waals surface area (Å²) < 4.78 is 10.7. The minimum absolute atomic E-state index is 0. The van der Waals surface area contributed by atoms with Crippen molar-refractivity contribution < 1.29 is 25.2 Å². The van der Waals surface area contributed by atoms with E-state index in [1.807, 2.05) is 41.2 Å². The van der Waals surface area contributed by atoms with Gasteiger partial charge >= 0.3 is 20.4 Å². The summed E-state index contributed by atoms with van der Waals surface area (Å²) in [6.07, 6.45) is 3.97. The molecule has 7 aromatic rings. The van der Waals surface area contributed by atoms with E-state index < -0.39 is 0 Å². The predicted octanol–water partition coefficient (Wildman–Crippen LogP) is 10.5. The first kappa shape index (κ1) is 32.8. The monoisotopic (exact) mass is 726 g/mol. The zero-order valence-electron chi connectivity index (χ0n) is 27.6. The second-order valence-electron chi connectivity index (χ2n) is 12.2. The number of ether oxygens (including phenoxy) is 1. The Kier molecular flexibility index (Phi) is 9.18. The van der Waals surface area contributed by atoms with Gasteiger partial charge in [0.05, 0.1) is 11.4 Å². The molecule has 0 fully saturated rings. The van der Waals surface area contributed by atoms with Crippen LogP contribution in [0.2, 0.25) is 0 Å². The average Bonchev–Trinajstić information content (AvgIpc) is 3.55. The number of hydrogen-bond donors (Lipinski definition) is 0. The molecule has 0 bridgehead atoms. The van der Waals surface area contributed by atoms with E-state index >= 15 is 0 Å². The molecule has 0 N–H and O–H groups in total. The fraction of sp³-hybridized carbons (Fsp3) is 0.200. The Morgan fingerprint density at radius 3 is 2.26 bits per heavy atom. The van der Waals surface area contributed by atoms with Crippen molar-refractivity contribution in [1.82, 2.24) is 19.3 Å². The summed E-state index contributed by atoms with van der Waals surface area (Å²) in [6, 6.07) is 34.2. The molecule has 238 valence electrons. The third-order valence-electron chi connectivity index (χ3n) is 8.52. The Morgan fingerprint density at radius 1 is 0.787 bits per heavy atom. The predicted molar refractivity (Wildman–Crippen MR) is 190 cm³/mol. The average molecular weight is 727 g/mol. The van der Waals surface area contributed by atoms with Crippen LogP contribution in [0.5, 0.6) is 11.5 Å². The minimum atomic E-state index is 0. The number of fused-ring (bicyclic) bond motifs is 3. The van der Waals surface area contributed by atoms with Crippen molar-refractivity contribution in [2.45, 2.75) is 52.4 Å². The summed E-state index contributed by atoms with van der Waals surface area (Å²) in [5.74, 6) is 2.30. The molecule has 7 rings (SSSR count). The molecule has 0 saturated carbocycles. The first-order valence-electron chi connectivity index (χ1n) is 15.6. The normalized spacial score (nSPS) is 11.4. The number of hydrogen-bond acceptors (Lipinski definition) is 4. The maximum atomic E-state index is 6.46. The van der Waals surface area contributed by atoms with Gasteiger partial charge in [-0.15, -0.1) is 47.5 Å². The summed E-state index contributed by atoms with van der Waals surface area (Å²) >= 11 is 1.77. The van der Waals surface area contributed by atoms with Gasteiger partial charge in [0, 0.05) is 33.7 Å². The molecular weight excluding hydrogens is 691 g/mol. The number of para-hydroxylation sites is 1. The molecule has 3 aromatic heterocycles. The van der Waals surface area contributed by atoms with Crippen LogP contribution < -0.4 is 4.74 Å². The Morgan fingerprint density at radius 2 is 1.53 bits per heavy atom. The number of pyridine rings is 1. The fourth-order valence-electron chi connectivity index (χ4n) is 6.56. The van der Waals surface area contributed by atoms with E-state index in [1.165, 1.54) is 27.1 Å². The number of rotatable bonds is 7. The molecule has 0 unspecified atom stereocenters. The van der Waals surface area contributed by atoms with E-state index in [9.17, 15) is 0 Å². The molecule has 5 nitrogen and oxygen atoms in total. The first-order valence-corrected chi connectivity index (χ1v) is 16.8. The van der Waals surface area contributed by atoms with Crippen LogP contribution >= 0.6 is 11.8 Å². The van der Waals surface area contributed by atoms with Crippen LogP contribution in [0.1, 0.15) is 47.8 Å². The second-order valence-corrected chi connectivity index (χ2v) is 13.1. The largest absolute Gasteiger partial charge is 2.00 e. The quantitative estimate of drug-likeness (QED) is 0.0932. The maximum absolute atomic E-state index is 6.46. The maximum Gasteiger partial charge on any atom is 2.00 e. The molecular formula is C40H36N4OPdS.